The average Bonchev–Trinajstić information content (AvgIpc) is 2.85. The van der Waals surface area contributed by atoms with Crippen molar-refractivity contribution in [1.82, 2.24) is 15.1 Å². The number of nitrogens with zero attached hydrogens (tertiary/aromatic N) is 2. The van der Waals surface area contributed by atoms with Gasteiger partial charge in [0.1, 0.15) is 6.54 Å². The molecule has 1 aromatic carbocycles. The van der Waals surface area contributed by atoms with Gasteiger partial charge in [0.15, 0.2) is 0 Å². The maximum atomic E-state index is 12.3. The van der Waals surface area contributed by atoms with E-state index in [2.05, 4.69) is 10.4 Å². The lowest BCUT2D eigenvalue weighted by atomic mass is 10.1. The Kier molecular flexibility index (Phi) is 5.60. The van der Waals surface area contributed by atoms with E-state index in [0.717, 1.165) is 48.9 Å². The molecule has 1 atom stereocenters. The Labute approximate surface area is 146 Å². The van der Waals surface area contributed by atoms with Crippen LogP contribution in [-0.4, -0.2) is 27.4 Å². The second-order valence-electron chi connectivity index (χ2n) is 6.39. The number of rotatable bonds is 5. The number of aryl methyl sites for hydroxylation is 2. The Balaban J connectivity index is 1.72. The fourth-order valence-electron chi connectivity index (χ4n) is 3.19. The Hall–Kier alpha value is -2.47. The van der Waals surface area contributed by atoms with E-state index in [4.69, 9.17) is 0 Å². The number of aliphatic hydroxyl groups excluding tert-OH is 1. The van der Waals surface area contributed by atoms with Gasteiger partial charge in [-0.15, -0.1) is 0 Å². The van der Waals surface area contributed by atoms with Gasteiger partial charge in [0.25, 0.3) is 5.56 Å². The molecule has 1 unspecified atom stereocenters. The highest BCUT2D eigenvalue weighted by Crippen LogP contribution is 2.17. The number of aromatic nitrogens is 2. The molecule has 0 spiro atoms. The zero-order chi connectivity index (χ0) is 17.6. The number of fused-ring (bicyclic) bond motifs is 1. The molecule has 1 aromatic heterocycles. The zero-order valence-corrected chi connectivity index (χ0v) is 14.1. The molecule has 0 fully saturated rings. The quantitative estimate of drug-likeness (QED) is 0.805. The largest absolute Gasteiger partial charge is 0.394 e. The third-order valence-electron chi connectivity index (χ3n) is 4.54. The third-order valence-corrected chi connectivity index (χ3v) is 4.54. The standard InChI is InChI=1S/C19H23N3O3/c23-13-17(14-7-3-1-4-8-14)20-18(24)12-22-19(25)11-15-9-5-2-6-10-16(15)21-22/h1,3-4,7-8,11,17,23H,2,5-6,9-10,12-13H2,(H,20,24). The van der Waals surface area contributed by atoms with Crippen molar-refractivity contribution in [2.45, 2.75) is 44.7 Å². The lowest BCUT2D eigenvalue weighted by molar-refractivity contribution is -0.123. The van der Waals surface area contributed by atoms with E-state index in [0.29, 0.717) is 0 Å². The number of hydrogen-bond donors (Lipinski definition) is 2. The van der Waals surface area contributed by atoms with Gasteiger partial charge in [-0.25, -0.2) is 4.68 Å². The Bertz CT molecular complexity index is 786. The summed E-state index contributed by atoms with van der Waals surface area (Å²) in [5.74, 6) is -0.342. The van der Waals surface area contributed by atoms with Crippen LogP contribution >= 0.6 is 0 Å². The SMILES string of the molecule is O=C(Cn1nc2c(cc1=O)CCCCC2)NC(CO)c1ccccc1. The number of aliphatic hydroxyl groups is 1. The van der Waals surface area contributed by atoms with E-state index in [1.165, 1.54) is 4.68 Å². The molecule has 0 radical (unpaired) electrons. The van der Waals surface area contributed by atoms with Crippen molar-refractivity contribution in [3.05, 3.63) is 63.6 Å². The lowest BCUT2D eigenvalue weighted by Crippen LogP contribution is -2.37. The van der Waals surface area contributed by atoms with Crippen LogP contribution in [0.15, 0.2) is 41.2 Å². The zero-order valence-electron chi connectivity index (χ0n) is 14.1. The summed E-state index contributed by atoms with van der Waals surface area (Å²) in [5.41, 5.74) is 2.50. The number of carbonyl (C=O) groups excluding carboxylic acids is 1. The van der Waals surface area contributed by atoms with Crippen molar-refractivity contribution < 1.29 is 9.90 Å². The summed E-state index contributed by atoms with van der Waals surface area (Å²) >= 11 is 0. The molecule has 1 aliphatic carbocycles. The summed E-state index contributed by atoms with van der Waals surface area (Å²) in [7, 11) is 0. The number of benzene rings is 1. The molecule has 1 aliphatic rings. The molecule has 0 bridgehead atoms. The van der Waals surface area contributed by atoms with E-state index in [-0.39, 0.29) is 24.6 Å². The minimum Gasteiger partial charge on any atom is -0.394 e. The molecule has 6 heteroatoms. The molecular formula is C19H23N3O3. The van der Waals surface area contributed by atoms with E-state index in [9.17, 15) is 14.7 Å². The summed E-state index contributed by atoms with van der Waals surface area (Å²) < 4.78 is 1.22. The molecule has 0 saturated heterocycles. The van der Waals surface area contributed by atoms with Crippen LogP contribution in [0.3, 0.4) is 0 Å². The maximum Gasteiger partial charge on any atom is 0.267 e. The predicted molar refractivity (Wildman–Crippen MR) is 94.2 cm³/mol. The van der Waals surface area contributed by atoms with Gasteiger partial charge < -0.3 is 10.4 Å². The van der Waals surface area contributed by atoms with Crippen LogP contribution in [-0.2, 0) is 24.2 Å². The second kappa shape index (κ2) is 8.07. The van der Waals surface area contributed by atoms with Gasteiger partial charge in [0.2, 0.25) is 5.91 Å². The average molecular weight is 341 g/mol. The van der Waals surface area contributed by atoms with Crippen LogP contribution in [0, 0.1) is 0 Å². The molecule has 1 heterocycles. The van der Waals surface area contributed by atoms with E-state index in [1.807, 2.05) is 30.3 Å². The van der Waals surface area contributed by atoms with Gasteiger partial charge in [-0.05, 0) is 36.8 Å². The molecule has 132 valence electrons. The molecule has 1 amide bonds. The Morgan fingerprint density at radius 1 is 1.20 bits per heavy atom. The minimum atomic E-state index is -0.495. The first kappa shape index (κ1) is 17.4. The summed E-state index contributed by atoms with van der Waals surface area (Å²) in [6.45, 7) is -0.349. The van der Waals surface area contributed by atoms with Crippen LogP contribution in [0.1, 0.15) is 42.1 Å². The van der Waals surface area contributed by atoms with Crippen LogP contribution in [0.2, 0.25) is 0 Å². The summed E-state index contributed by atoms with van der Waals surface area (Å²) in [5, 5.41) is 16.7. The van der Waals surface area contributed by atoms with Crippen LogP contribution in [0.25, 0.3) is 0 Å². The number of hydrogen-bond acceptors (Lipinski definition) is 4. The van der Waals surface area contributed by atoms with Gasteiger partial charge in [0, 0.05) is 6.07 Å². The summed E-state index contributed by atoms with van der Waals surface area (Å²) in [6.07, 6.45) is 5.00. The van der Waals surface area contributed by atoms with Crippen molar-refractivity contribution in [3.8, 4) is 0 Å². The molecule has 2 N–H and O–H groups in total. The highest BCUT2D eigenvalue weighted by atomic mass is 16.3. The molecule has 3 rings (SSSR count). The molecule has 0 aliphatic heterocycles. The van der Waals surface area contributed by atoms with Crippen LogP contribution in [0.5, 0.6) is 0 Å². The van der Waals surface area contributed by atoms with Gasteiger partial charge in [-0.1, -0.05) is 36.8 Å². The fraction of sp³-hybridized carbons (Fsp3) is 0.421. The van der Waals surface area contributed by atoms with Crippen molar-refractivity contribution in [2.24, 2.45) is 0 Å². The first-order chi connectivity index (χ1) is 12.2. The van der Waals surface area contributed by atoms with Crippen molar-refractivity contribution in [1.29, 1.82) is 0 Å². The van der Waals surface area contributed by atoms with Gasteiger partial charge >= 0.3 is 0 Å². The summed E-state index contributed by atoms with van der Waals surface area (Å²) in [6, 6.07) is 10.4. The topological polar surface area (TPSA) is 84.2 Å². The van der Waals surface area contributed by atoms with E-state index in [1.54, 1.807) is 6.07 Å². The van der Waals surface area contributed by atoms with Gasteiger partial charge in [-0.3, -0.25) is 9.59 Å². The molecule has 6 nitrogen and oxygen atoms in total. The molecule has 25 heavy (non-hydrogen) atoms. The predicted octanol–water partition coefficient (Wildman–Crippen LogP) is 1.36. The Morgan fingerprint density at radius 3 is 2.72 bits per heavy atom. The van der Waals surface area contributed by atoms with Gasteiger partial charge in [0.05, 0.1) is 18.3 Å². The second-order valence-corrected chi connectivity index (χ2v) is 6.39. The normalized spacial score (nSPS) is 15.1. The first-order valence-electron chi connectivity index (χ1n) is 8.72. The highest BCUT2D eigenvalue weighted by Gasteiger charge is 2.16. The monoisotopic (exact) mass is 341 g/mol. The van der Waals surface area contributed by atoms with Crippen LogP contribution in [0.4, 0.5) is 0 Å². The third kappa shape index (κ3) is 4.33. The maximum absolute atomic E-state index is 12.3. The van der Waals surface area contributed by atoms with E-state index >= 15 is 0 Å². The molecular weight excluding hydrogens is 318 g/mol. The highest BCUT2D eigenvalue weighted by molar-refractivity contribution is 5.76. The summed E-state index contributed by atoms with van der Waals surface area (Å²) in [4.78, 5) is 24.6. The number of amides is 1. The van der Waals surface area contributed by atoms with Gasteiger partial charge in [-0.2, -0.15) is 5.10 Å². The minimum absolute atomic E-state index is 0.143. The smallest absolute Gasteiger partial charge is 0.267 e. The first-order valence-corrected chi connectivity index (χ1v) is 8.72. The number of carbonyl (C=O) groups is 1. The van der Waals surface area contributed by atoms with Crippen molar-refractivity contribution >= 4 is 5.91 Å². The van der Waals surface area contributed by atoms with Crippen molar-refractivity contribution in [2.75, 3.05) is 6.61 Å². The fourth-order valence-corrected chi connectivity index (χ4v) is 3.19. The van der Waals surface area contributed by atoms with E-state index < -0.39 is 6.04 Å². The molecule has 2 aromatic rings. The van der Waals surface area contributed by atoms with Crippen LogP contribution < -0.4 is 10.9 Å². The molecule has 0 saturated carbocycles. The lowest BCUT2D eigenvalue weighted by Gasteiger charge is -2.17. The van der Waals surface area contributed by atoms with Crippen molar-refractivity contribution in [3.63, 3.8) is 0 Å². The number of nitrogens with one attached hydrogen (secondary N) is 1. The Morgan fingerprint density at radius 2 is 1.96 bits per heavy atom.